The van der Waals surface area contributed by atoms with Gasteiger partial charge in [0.05, 0.1) is 12.7 Å². The summed E-state index contributed by atoms with van der Waals surface area (Å²) >= 11 is 0. The number of hydrogen-bond donors (Lipinski definition) is 1. The zero-order chi connectivity index (χ0) is 9.56. The van der Waals surface area contributed by atoms with Crippen LogP contribution in [0.5, 0.6) is 0 Å². The highest BCUT2D eigenvalue weighted by Gasteiger charge is 2.16. The third kappa shape index (κ3) is 6.44. The average Bonchev–Trinajstić information content (AvgIpc) is 2.11. The maximum atomic E-state index is 11.3. The zero-order valence-corrected chi connectivity index (χ0v) is 8.08. The van der Waals surface area contributed by atoms with Crippen molar-refractivity contribution in [2.75, 3.05) is 13.7 Å². The van der Waals surface area contributed by atoms with Gasteiger partial charge in [-0.25, -0.2) is 4.79 Å². The molecule has 6 heteroatoms. The molecule has 0 spiro atoms. The van der Waals surface area contributed by atoms with E-state index in [-0.39, 0.29) is 18.9 Å². The van der Waals surface area contributed by atoms with Crippen molar-refractivity contribution in [3.8, 4) is 0 Å². The molecule has 0 aliphatic heterocycles. The van der Waals surface area contributed by atoms with Gasteiger partial charge in [-0.05, 0) is 13.8 Å². The Morgan fingerprint density at radius 1 is 1.46 bits per heavy atom. The molecule has 0 heterocycles. The number of ether oxygens (including phenoxy) is 2. The van der Waals surface area contributed by atoms with Gasteiger partial charge in [-0.1, -0.05) is 0 Å². The summed E-state index contributed by atoms with van der Waals surface area (Å²) in [4.78, 5) is 13.4. The van der Waals surface area contributed by atoms with E-state index in [1.807, 2.05) is 0 Å². The molecule has 0 amide bonds. The molecular formula is C7H16FNO4. The van der Waals surface area contributed by atoms with Gasteiger partial charge in [-0.2, -0.15) is 0 Å². The highest BCUT2D eigenvalue weighted by Crippen LogP contribution is 1.98. The molecule has 0 rings (SSSR count). The van der Waals surface area contributed by atoms with Crippen molar-refractivity contribution in [3.63, 3.8) is 0 Å². The Kier molecular flexibility index (Phi) is 8.99. The summed E-state index contributed by atoms with van der Waals surface area (Å²) in [6.45, 7) is 3.41. The van der Waals surface area contributed by atoms with Gasteiger partial charge in [-0.15, -0.1) is 0 Å². The van der Waals surface area contributed by atoms with Crippen LogP contribution >= 0.6 is 0 Å². The predicted molar refractivity (Wildman–Crippen MR) is 44.1 cm³/mol. The Labute approximate surface area is 76.6 Å². The SMILES string of the molecule is COC(C)COC(C)C(=O)OF.N. The number of carbonyl (C=O) groups excluding carboxylic acids is 1. The first-order chi connectivity index (χ1) is 5.61. The zero-order valence-electron chi connectivity index (χ0n) is 8.08. The molecule has 0 aromatic heterocycles. The molecule has 2 unspecified atom stereocenters. The lowest BCUT2D eigenvalue weighted by atomic mass is 10.4. The molecule has 0 radical (unpaired) electrons. The quantitative estimate of drug-likeness (QED) is 0.711. The standard InChI is InChI=1S/C7H13FO4.H3N/c1-5(10-3)4-11-6(2)7(9)12-8;/h5-6H,4H2,1-3H3;1H3. The molecule has 5 nitrogen and oxygen atoms in total. The second-order valence-corrected chi connectivity index (χ2v) is 2.42. The van der Waals surface area contributed by atoms with Gasteiger partial charge >= 0.3 is 5.97 Å². The van der Waals surface area contributed by atoms with Crippen LogP contribution in [0.15, 0.2) is 0 Å². The Balaban J connectivity index is 0. The molecule has 2 atom stereocenters. The van der Waals surface area contributed by atoms with Crippen LogP contribution < -0.4 is 6.15 Å². The van der Waals surface area contributed by atoms with Crippen molar-refractivity contribution in [1.82, 2.24) is 6.15 Å². The van der Waals surface area contributed by atoms with Gasteiger partial charge in [0.1, 0.15) is 0 Å². The summed E-state index contributed by atoms with van der Waals surface area (Å²) in [7, 11) is 1.52. The molecule has 0 aliphatic rings. The number of halogens is 1. The van der Waals surface area contributed by atoms with Crippen molar-refractivity contribution in [3.05, 3.63) is 0 Å². The first-order valence-electron chi connectivity index (χ1n) is 3.58. The highest BCUT2D eigenvalue weighted by atomic mass is 19.3. The maximum Gasteiger partial charge on any atom is 0.376 e. The minimum Gasteiger partial charge on any atom is -0.379 e. The summed E-state index contributed by atoms with van der Waals surface area (Å²) in [6, 6.07) is 0. The van der Waals surface area contributed by atoms with Gasteiger partial charge < -0.3 is 15.6 Å². The maximum absolute atomic E-state index is 11.3. The van der Waals surface area contributed by atoms with Crippen molar-refractivity contribution in [1.29, 1.82) is 0 Å². The first-order valence-corrected chi connectivity index (χ1v) is 3.58. The van der Waals surface area contributed by atoms with Crippen LogP contribution in [-0.4, -0.2) is 31.9 Å². The van der Waals surface area contributed by atoms with Crippen molar-refractivity contribution < 1.29 is 23.7 Å². The first kappa shape index (κ1) is 14.8. The summed E-state index contributed by atoms with van der Waals surface area (Å²) in [5, 5.41) is 0. The van der Waals surface area contributed by atoms with E-state index in [1.165, 1.54) is 14.0 Å². The van der Waals surface area contributed by atoms with E-state index in [0.717, 1.165) is 0 Å². The fraction of sp³-hybridized carbons (Fsp3) is 0.857. The van der Waals surface area contributed by atoms with E-state index in [1.54, 1.807) is 6.92 Å². The molecule has 0 bridgehead atoms. The third-order valence-electron chi connectivity index (χ3n) is 1.39. The molecule has 0 saturated carbocycles. The van der Waals surface area contributed by atoms with E-state index < -0.39 is 12.1 Å². The normalized spacial score (nSPS) is 14.2. The molecule has 0 aliphatic carbocycles. The molecule has 0 saturated heterocycles. The molecular weight excluding hydrogens is 181 g/mol. The fourth-order valence-corrected chi connectivity index (χ4v) is 0.479. The second kappa shape index (κ2) is 7.90. The Morgan fingerprint density at radius 2 is 2.00 bits per heavy atom. The third-order valence-corrected chi connectivity index (χ3v) is 1.39. The predicted octanol–water partition coefficient (Wildman–Crippen LogP) is 1.02. The molecule has 0 aromatic rings. The van der Waals surface area contributed by atoms with Gasteiger partial charge in [-0.3, -0.25) is 4.94 Å². The number of carbonyl (C=O) groups is 1. The van der Waals surface area contributed by atoms with Crippen molar-refractivity contribution in [2.24, 2.45) is 0 Å². The Morgan fingerprint density at radius 3 is 2.38 bits per heavy atom. The van der Waals surface area contributed by atoms with E-state index in [0.29, 0.717) is 0 Å². The monoisotopic (exact) mass is 197 g/mol. The van der Waals surface area contributed by atoms with E-state index in [9.17, 15) is 9.32 Å². The van der Waals surface area contributed by atoms with Crippen LogP contribution in [0, 0.1) is 0 Å². The van der Waals surface area contributed by atoms with Crippen LogP contribution in [0.1, 0.15) is 13.8 Å². The topological polar surface area (TPSA) is 79.8 Å². The lowest BCUT2D eigenvalue weighted by molar-refractivity contribution is -0.197. The minimum atomic E-state index is -1.03. The summed E-state index contributed by atoms with van der Waals surface area (Å²) in [6.07, 6.45) is -1.02. The summed E-state index contributed by atoms with van der Waals surface area (Å²) in [5.41, 5.74) is 0. The Hall–Kier alpha value is -0.720. The van der Waals surface area contributed by atoms with Crippen LogP contribution in [0.3, 0.4) is 0 Å². The number of methoxy groups -OCH3 is 1. The molecule has 13 heavy (non-hydrogen) atoms. The largest absolute Gasteiger partial charge is 0.379 e. The molecule has 80 valence electrons. The van der Waals surface area contributed by atoms with Crippen molar-refractivity contribution >= 4 is 5.97 Å². The second-order valence-electron chi connectivity index (χ2n) is 2.42. The van der Waals surface area contributed by atoms with Gasteiger partial charge in [0.25, 0.3) is 0 Å². The fourth-order valence-electron chi connectivity index (χ4n) is 0.479. The highest BCUT2D eigenvalue weighted by molar-refractivity contribution is 5.73. The van der Waals surface area contributed by atoms with Crippen LogP contribution in [-0.2, 0) is 19.2 Å². The minimum absolute atomic E-state index is 0. The van der Waals surface area contributed by atoms with Gasteiger partial charge in [0.2, 0.25) is 0 Å². The number of hydrogen-bond acceptors (Lipinski definition) is 5. The molecule has 0 aromatic carbocycles. The smallest absolute Gasteiger partial charge is 0.376 e. The van der Waals surface area contributed by atoms with Crippen LogP contribution in [0.4, 0.5) is 4.53 Å². The van der Waals surface area contributed by atoms with Gasteiger partial charge in [0, 0.05) is 11.6 Å². The van der Waals surface area contributed by atoms with Crippen molar-refractivity contribution in [2.45, 2.75) is 26.1 Å². The summed E-state index contributed by atoms with van der Waals surface area (Å²) in [5.74, 6) is -1.03. The Bertz CT molecular complexity index is 144. The van der Waals surface area contributed by atoms with Gasteiger partial charge in [0.15, 0.2) is 6.10 Å². The van der Waals surface area contributed by atoms with E-state index >= 15 is 0 Å². The number of rotatable bonds is 5. The van der Waals surface area contributed by atoms with E-state index in [2.05, 4.69) is 4.94 Å². The lowest BCUT2D eigenvalue weighted by Gasteiger charge is -2.12. The molecule has 0 fully saturated rings. The van der Waals surface area contributed by atoms with Crippen LogP contribution in [0.25, 0.3) is 0 Å². The average molecular weight is 197 g/mol. The molecule has 3 N–H and O–H groups in total. The summed E-state index contributed by atoms with van der Waals surface area (Å²) < 4.78 is 21.0. The lowest BCUT2D eigenvalue weighted by Crippen LogP contribution is -2.25. The van der Waals surface area contributed by atoms with E-state index in [4.69, 9.17) is 9.47 Å². The van der Waals surface area contributed by atoms with Crippen LogP contribution in [0.2, 0.25) is 0 Å².